The molecule has 0 saturated heterocycles. The highest BCUT2D eigenvalue weighted by Crippen LogP contribution is 2.33. The Morgan fingerprint density at radius 2 is 2.08 bits per heavy atom. The van der Waals surface area contributed by atoms with E-state index >= 15 is 0 Å². The second-order valence-electron chi connectivity index (χ2n) is 3.40. The van der Waals surface area contributed by atoms with E-state index in [1.54, 1.807) is 0 Å². The summed E-state index contributed by atoms with van der Waals surface area (Å²) < 4.78 is 0. The monoisotopic (exact) mass is 163 g/mol. The van der Waals surface area contributed by atoms with Crippen molar-refractivity contribution in [2.45, 2.75) is 31.6 Å². The second-order valence-corrected chi connectivity index (χ2v) is 3.40. The fourth-order valence-corrected chi connectivity index (χ4v) is 1.88. The second kappa shape index (κ2) is 3.09. The number of hydrogen-bond acceptors (Lipinski definition) is 3. The van der Waals surface area contributed by atoms with Crippen molar-refractivity contribution >= 4 is 5.82 Å². The molecule has 0 bridgehead atoms. The molecule has 1 aliphatic carbocycles. The fraction of sp³-hybridized carbons (Fsp3) is 0.556. The van der Waals surface area contributed by atoms with Gasteiger partial charge in [-0.3, -0.25) is 0 Å². The summed E-state index contributed by atoms with van der Waals surface area (Å²) in [6.45, 7) is 0. The zero-order valence-electron chi connectivity index (χ0n) is 7.03. The smallest absolute Gasteiger partial charge is 0.146 e. The molecule has 1 fully saturated rings. The SMILES string of the molecule is Nc1cc(C2CCCC2)cnn1. The Balaban J connectivity index is 2.21. The van der Waals surface area contributed by atoms with Crippen LogP contribution in [0.1, 0.15) is 37.2 Å². The molecular formula is C9H13N3. The van der Waals surface area contributed by atoms with E-state index in [0.717, 1.165) is 0 Å². The number of nitrogens with two attached hydrogens (primary N) is 1. The molecule has 3 nitrogen and oxygen atoms in total. The van der Waals surface area contributed by atoms with E-state index in [0.29, 0.717) is 11.7 Å². The van der Waals surface area contributed by atoms with Crippen molar-refractivity contribution in [3.63, 3.8) is 0 Å². The highest BCUT2D eigenvalue weighted by atomic mass is 15.1. The number of aromatic nitrogens is 2. The Hall–Kier alpha value is -1.12. The van der Waals surface area contributed by atoms with E-state index in [2.05, 4.69) is 10.2 Å². The third-order valence-electron chi connectivity index (χ3n) is 2.52. The summed E-state index contributed by atoms with van der Waals surface area (Å²) in [5.74, 6) is 1.22. The van der Waals surface area contributed by atoms with Crippen LogP contribution in [0.3, 0.4) is 0 Å². The standard InChI is InChI=1S/C9H13N3/c10-9-5-8(6-11-12-9)7-3-1-2-4-7/h5-7H,1-4H2,(H2,10,12). The van der Waals surface area contributed by atoms with Gasteiger partial charge in [0.15, 0.2) is 0 Å². The first kappa shape index (κ1) is 7.53. The zero-order valence-corrected chi connectivity index (χ0v) is 7.03. The van der Waals surface area contributed by atoms with Crippen molar-refractivity contribution in [3.05, 3.63) is 17.8 Å². The Morgan fingerprint density at radius 3 is 2.75 bits per heavy atom. The Labute approximate surface area is 72.0 Å². The normalized spacial score (nSPS) is 18.3. The maximum Gasteiger partial charge on any atom is 0.146 e. The molecule has 3 heteroatoms. The molecule has 1 saturated carbocycles. The Kier molecular flexibility index (Phi) is 1.94. The van der Waals surface area contributed by atoms with Crippen molar-refractivity contribution in [1.82, 2.24) is 10.2 Å². The van der Waals surface area contributed by atoms with E-state index in [1.807, 2.05) is 12.3 Å². The Morgan fingerprint density at radius 1 is 1.33 bits per heavy atom. The van der Waals surface area contributed by atoms with Crippen LogP contribution in [0.2, 0.25) is 0 Å². The van der Waals surface area contributed by atoms with Crippen molar-refractivity contribution in [3.8, 4) is 0 Å². The summed E-state index contributed by atoms with van der Waals surface area (Å²) in [5.41, 5.74) is 6.82. The molecule has 1 aromatic rings. The third kappa shape index (κ3) is 1.40. The van der Waals surface area contributed by atoms with Gasteiger partial charge in [0.25, 0.3) is 0 Å². The first-order valence-electron chi connectivity index (χ1n) is 4.44. The quantitative estimate of drug-likeness (QED) is 0.685. The molecule has 0 aromatic carbocycles. The fourth-order valence-electron chi connectivity index (χ4n) is 1.88. The lowest BCUT2D eigenvalue weighted by atomic mass is 10.0. The molecule has 64 valence electrons. The molecule has 0 unspecified atom stereocenters. The molecule has 0 spiro atoms. The number of nitrogen functional groups attached to an aromatic ring is 1. The van der Waals surface area contributed by atoms with Crippen molar-refractivity contribution in [1.29, 1.82) is 0 Å². The number of rotatable bonds is 1. The van der Waals surface area contributed by atoms with E-state index in [1.165, 1.54) is 31.2 Å². The van der Waals surface area contributed by atoms with Crippen LogP contribution in [0, 0.1) is 0 Å². The predicted molar refractivity (Wildman–Crippen MR) is 47.7 cm³/mol. The average molecular weight is 163 g/mol. The highest BCUT2D eigenvalue weighted by molar-refractivity contribution is 5.31. The number of hydrogen-bond donors (Lipinski definition) is 1. The molecule has 1 aromatic heterocycles. The van der Waals surface area contributed by atoms with Crippen molar-refractivity contribution in [2.24, 2.45) is 0 Å². The van der Waals surface area contributed by atoms with Gasteiger partial charge in [0.2, 0.25) is 0 Å². The van der Waals surface area contributed by atoms with E-state index < -0.39 is 0 Å². The maximum absolute atomic E-state index is 5.55. The van der Waals surface area contributed by atoms with E-state index in [4.69, 9.17) is 5.73 Å². The minimum Gasteiger partial charge on any atom is -0.382 e. The van der Waals surface area contributed by atoms with Gasteiger partial charge in [-0.1, -0.05) is 12.8 Å². The first-order valence-corrected chi connectivity index (χ1v) is 4.44. The Bertz CT molecular complexity index is 266. The van der Waals surface area contributed by atoms with Gasteiger partial charge in [-0.15, -0.1) is 5.10 Å². The highest BCUT2D eigenvalue weighted by Gasteiger charge is 2.17. The van der Waals surface area contributed by atoms with E-state index in [9.17, 15) is 0 Å². The van der Waals surface area contributed by atoms with Crippen LogP contribution in [0.4, 0.5) is 5.82 Å². The first-order chi connectivity index (χ1) is 5.86. The van der Waals surface area contributed by atoms with E-state index in [-0.39, 0.29) is 0 Å². The summed E-state index contributed by atoms with van der Waals surface area (Å²) in [5, 5.41) is 7.59. The van der Waals surface area contributed by atoms with Crippen LogP contribution in [-0.4, -0.2) is 10.2 Å². The molecule has 2 rings (SSSR count). The predicted octanol–water partition coefficient (Wildman–Crippen LogP) is 1.72. The molecule has 2 N–H and O–H groups in total. The van der Waals surface area contributed by atoms with Gasteiger partial charge in [-0.2, -0.15) is 5.10 Å². The van der Waals surface area contributed by atoms with Crippen molar-refractivity contribution in [2.75, 3.05) is 5.73 Å². The summed E-state index contributed by atoms with van der Waals surface area (Å²) in [7, 11) is 0. The topological polar surface area (TPSA) is 51.8 Å². The number of anilines is 1. The average Bonchev–Trinajstić information content (AvgIpc) is 2.56. The summed E-state index contributed by atoms with van der Waals surface area (Å²) in [6.07, 6.45) is 7.09. The van der Waals surface area contributed by atoms with Gasteiger partial charge in [-0.05, 0) is 30.4 Å². The summed E-state index contributed by atoms with van der Waals surface area (Å²) >= 11 is 0. The van der Waals surface area contributed by atoms with Gasteiger partial charge < -0.3 is 5.73 Å². The molecule has 0 aliphatic heterocycles. The lowest BCUT2D eigenvalue weighted by Crippen LogP contribution is -1.98. The molecule has 12 heavy (non-hydrogen) atoms. The lowest BCUT2D eigenvalue weighted by molar-refractivity contribution is 0.715. The van der Waals surface area contributed by atoms with Crippen LogP contribution in [0.15, 0.2) is 12.3 Å². The molecule has 0 amide bonds. The third-order valence-corrected chi connectivity index (χ3v) is 2.52. The number of nitrogens with zero attached hydrogens (tertiary/aromatic N) is 2. The van der Waals surface area contributed by atoms with Crippen molar-refractivity contribution < 1.29 is 0 Å². The minimum absolute atomic E-state index is 0.541. The summed E-state index contributed by atoms with van der Waals surface area (Å²) in [4.78, 5) is 0. The largest absolute Gasteiger partial charge is 0.382 e. The van der Waals surface area contributed by atoms with Crippen LogP contribution in [-0.2, 0) is 0 Å². The molecule has 1 heterocycles. The minimum atomic E-state index is 0.541. The van der Waals surface area contributed by atoms with Gasteiger partial charge >= 0.3 is 0 Å². The summed E-state index contributed by atoms with van der Waals surface area (Å²) in [6, 6.07) is 1.95. The zero-order chi connectivity index (χ0) is 8.39. The molecular weight excluding hydrogens is 150 g/mol. The van der Waals surface area contributed by atoms with Gasteiger partial charge in [-0.25, -0.2) is 0 Å². The maximum atomic E-state index is 5.55. The lowest BCUT2D eigenvalue weighted by Gasteiger charge is -2.07. The molecule has 1 aliphatic rings. The van der Waals surface area contributed by atoms with Crippen LogP contribution >= 0.6 is 0 Å². The van der Waals surface area contributed by atoms with Crippen LogP contribution in [0.5, 0.6) is 0 Å². The van der Waals surface area contributed by atoms with Crippen LogP contribution in [0.25, 0.3) is 0 Å². The molecule has 0 atom stereocenters. The van der Waals surface area contributed by atoms with Gasteiger partial charge in [0.05, 0.1) is 6.20 Å². The van der Waals surface area contributed by atoms with Crippen LogP contribution < -0.4 is 5.73 Å². The van der Waals surface area contributed by atoms with Gasteiger partial charge in [0.1, 0.15) is 5.82 Å². The van der Waals surface area contributed by atoms with Gasteiger partial charge in [0, 0.05) is 0 Å². The molecule has 0 radical (unpaired) electrons.